The molecule has 3 aromatic rings. The van der Waals surface area contributed by atoms with E-state index in [4.69, 9.17) is 17.3 Å². The van der Waals surface area contributed by atoms with Gasteiger partial charge in [-0.1, -0.05) is 35.9 Å². The van der Waals surface area contributed by atoms with Gasteiger partial charge in [0.25, 0.3) is 5.91 Å². The molecule has 0 atom stereocenters. The number of hydrogen-bond acceptors (Lipinski definition) is 4. The molecule has 0 aromatic heterocycles. The Bertz CT molecular complexity index is 1200. The number of piperazine rings is 1. The number of rotatable bonds is 5. The molecule has 0 spiro atoms. The molecule has 31 heavy (non-hydrogen) atoms. The van der Waals surface area contributed by atoms with Gasteiger partial charge < -0.3 is 10.6 Å². The van der Waals surface area contributed by atoms with Gasteiger partial charge in [-0.05, 0) is 65.7 Å². The van der Waals surface area contributed by atoms with Crippen LogP contribution < -0.4 is 5.73 Å². The van der Waals surface area contributed by atoms with Crippen LogP contribution in [0.15, 0.2) is 65.6 Å². The summed E-state index contributed by atoms with van der Waals surface area (Å²) in [5.74, 6) is -0.0843. The van der Waals surface area contributed by atoms with Crippen LogP contribution in [-0.2, 0) is 16.4 Å². The van der Waals surface area contributed by atoms with Gasteiger partial charge in [-0.25, -0.2) is 8.42 Å². The van der Waals surface area contributed by atoms with E-state index in [1.807, 2.05) is 18.2 Å². The van der Waals surface area contributed by atoms with E-state index in [1.54, 1.807) is 47.4 Å². The molecule has 0 saturated carbocycles. The molecule has 1 aliphatic rings. The minimum Gasteiger partial charge on any atom is -0.336 e. The number of hydrogen-bond donors (Lipinski definition) is 1. The summed E-state index contributed by atoms with van der Waals surface area (Å²) in [5.41, 5.74) is 7.26. The zero-order chi connectivity index (χ0) is 22.0. The fraction of sp³-hybridized carbons (Fsp3) is 0.261. The van der Waals surface area contributed by atoms with Crippen LogP contribution in [0.5, 0.6) is 0 Å². The number of nitrogens with zero attached hydrogens (tertiary/aromatic N) is 2. The van der Waals surface area contributed by atoms with Gasteiger partial charge in [0.15, 0.2) is 0 Å². The lowest BCUT2D eigenvalue weighted by Crippen LogP contribution is -2.50. The predicted molar refractivity (Wildman–Crippen MR) is 123 cm³/mol. The molecule has 1 saturated heterocycles. The first-order valence-electron chi connectivity index (χ1n) is 10.2. The average molecular weight is 458 g/mol. The van der Waals surface area contributed by atoms with E-state index < -0.39 is 10.0 Å². The Morgan fingerprint density at radius 1 is 0.903 bits per heavy atom. The van der Waals surface area contributed by atoms with Crippen molar-refractivity contribution in [3.05, 3.63) is 76.8 Å². The van der Waals surface area contributed by atoms with E-state index in [1.165, 1.54) is 4.31 Å². The maximum atomic E-state index is 13.1. The van der Waals surface area contributed by atoms with Crippen molar-refractivity contribution in [2.75, 3.05) is 32.7 Å². The number of sulfonamides is 1. The molecule has 6 nitrogen and oxygen atoms in total. The minimum atomic E-state index is -3.64. The zero-order valence-electron chi connectivity index (χ0n) is 17.0. The summed E-state index contributed by atoms with van der Waals surface area (Å²) in [6.07, 6.45) is 0.771. The van der Waals surface area contributed by atoms with Crippen LogP contribution in [0.4, 0.5) is 0 Å². The molecule has 1 fully saturated rings. The van der Waals surface area contributed by atoms with Crippen LogP contribution in [0.25, 0.3) is 10.8 Å². The Balaban J connectivity index is 1.45. The third kappa shape index (κ3) is 4.60. The van der Waals surface area contributed by atoms with Gasteiger partial charge in [-0.2, -0.15) is 4.31 Å². The van der Waals surface area contributed by atoms with Crippen LogP contribution in [-0.4, -0.2) is 56.3 Å². The van der Waals surface area contributed by atoms with Crippen LogP contribution >= 0.6 is 11.6 Å². The average Bonchev–Trinajstić information content (AvgIpc) is 2.79. The maximum absolute atomic E-state index is 13.1. The summed E-state index contributed by atoms with van der Waals surface area (Å²) in [6.45, 7) is 1.79. The molecule has 0 bridgehead atoms. The van der Waals surface area contributed by atoms with Gasteiger partial charge in [0, 0.05) is 36.8 Å². The van der Waals surface area contributed by atoms with Crippen molar-refractivity contribution in [1.29, 1.82) is 0 Å². The minimum absolute atomic E-state index is 0.0843. The van der Waals surface area contributed by atoms with Crippen molar-refractivity contribution >= 4 is 38.3 Å². The molecule has 2 N–H and O–H groups in total. The second-order valence-corrected chi connectivity index (χ2v) is 9.96. The summed E-state index contributed by atoms with van der Waals surface area (Å²) in [7, 11) is -3.64. The SMILES string of the molecule is NCCc1ccc(C(=O)N2CCN(S(=O)(=O)c3ccc4cc(Cl)ccc4c3)CC2)cc1. The Hall–Kier alpha value is -2.45. The molecule has 8 heteroatoms. The van der Waals surface area contributed by atoms with Gasteiger partial charge in [-0.15, -0.1) is 0 Å². The lowest BCUT2D eigenvalue weighted by atomic mass is 10.1. The molecule has 0 unspecified atom stereocenters. The van der Waals surface area contributed by atoms with E-state index in [0.717, 1.165) is 22.8 Å². The van der Waals surface area contributed by atoms with E-state index in [0.29, 0.717) is 30.2 Å². The molecule has 1 aliphatic heterocycles. The van der Waals surface area contributed by atoms with Crippen molar-refractivity contribution in [2.24, 2.45) is 5.73 Å². The quantitative estimate of drug-likeness (QED) is 0.638. The van der Waals surface area contributed by atoms with Crippen molar-refractivity contribution in [3.63, 3.8) is 0 Å². The van der Waals surface area contributed by atoms with Gasteiger partial charge in [0.1, 0.15) is 0 Å². The standard InChI is InChI=1S/C23H24ClN3O3S/c24-21-7-5-20-16-22(8-6-19(20)15-21)31(29,30)27-13-11-26(12-14-27)23(28)18-3-1-17(2-4-18)9-10-25/h1-8,15-16H,9-14,25H2. The highest BCUT2D eigenvalue weighted by atomic mass is 35.5. The maximum Gasteiger partial charge on any atom is 0.253 e. The molecule has 3 aromatic carbocycles. The summed E-state index contributed by atoms with van der Waals surface area (Å²) in [6, 6.07) is 17.8. The third-order valence-electron chi connectivity index (χ3n) is 5.57. The molecule has 1 heterocycles. The molecule has 0 radical (unpaired) electrons. The van der Waals surface area contributed by atoms with Gasteiger partial charge in [-0.3, -0.25) is 4.79 Å². The van der Waals surface area contributed by atoms with E-state index in [9.17, 15) is 13.2 Å². The number of amides is 1. The summed E-state index contributed by atoms with van der Waals surface area (Å²) in [5, 5.41) is 2.31. The first-order valence-corrected chi connectivity index (χ1v) is 12.0. The largest absolute Gasteiger partial charge is 0.336 e. The Kier molecular flexibility index (Phi) is 6.29. The molecule has 1 amide bonds. The zero-order valence-corrected chi connectivity index (χ0v) is 18.6. The van der Waals surface area contributed by atoms with Crippen molar-refractivity contribution in [3.8, 4) is 0 Å². The first-order chi connectivity index (χ1) is 14.9. The smallest absolute Gasteiger partial charge is 0.253 e. The van der Waals surface area contributed by atoms with Crippen LogP contribution in [0, 0.1) is 0 Å². The topological polar surface area (TPSA) is 83.7 Å². The monoisotopic (exact) mass is 457 g/mol. The van der Waals surface area contributed by atoms with E-state index in [2.05, 4.69) is 0 Å². The van der Waals surface area contributed by atoms with Gasteiger partial charge >= 0.3 is 0 Å². The normalized spacial score (nSPS) is 15.4. The number of nitrogens with two attached hydrogens (primary N) is 1. The fourth-order valence-corrected chi connectivity index (χ4v) is 5.44. The second-order valence-electron chi connectivity index (χ2n) is 7.59. The predicted octanol–water partition coefficient (Wildman–Crippen LogP) is 3.14. The van der Waals surface area contributed by atoms with Gasteiger partial charge in [0.2, 0.25) is 10.0 Å². The number of benzene rings is 3. The van der Waals surface area contributed by atoms with Crippen LogP contribution in [0.3, 0.4) is 0 Å². The Morgan fingerprint density at radius 3 is 2.23 bits per heavy atom. The van der Waals surface area contributed by atoms with Crippen LogP contribution in [0.2, 0.25) is 5.02 Å². The molecule has 0 aliphatic carbocycles. The lowest BCUT2D eigenvalue weighted by molar-refractivity contribution is 0.0698. The number of carbonyl (C=O) groups excluding carboxylic acids is 1. The van der Waals surface area contributed by atoms with Crippen LogP contribution in [0.1, 0.15) is 15.9 Å². The van der Waals surface area contributed by atoms with E-state index >= 15 is 0 Å². The van der Waals surface area contributed by atoms with Crippen molar-refractivity contribution in [2.45, 2.75) is 11.3 Å². The highest BCUT2D eigenvalue weighted by Crippen LogP contribution is 2.25. The highest BCUT2D eigenvalue weighted by molar-refractivity contribution is 7.89. The lowest BCUT2D eigenvalue weighted by Gasteiger charge is -2.34. The summed E-state index contributed by atoms with van der Waals surface area (Å²) >= 11 is 6.01. The number of fused-ring (bicyclic) bond motifs is 1. The van der Waals surface area contributed by atoms with Crippen molar-refractivity contribution in [1.82, 2.24) is 9.21 Å². The number of halogens is 1. The number of carbonyl (C=O) groups is 1. The summed E-state index contributed by atoms with van der Waals surface area (Å²) < 4.78 is 27.7. The van der Waals surface area contributed by atoms with Crippen molar-refractivity contribution < 1.29 is 13.2 Å². The molecular formula is C23H24ClN3O3S. The Morgan fingerprint density at radius 2 is 1.55 bits per heavy atom. The molecular weight excluding hydrogens is 434 g/mol. The second kappa shape index (κ2) is 8.96. The Labute approximate surface area is 187 Å². The first kappa shape index (κ1) is 21.8. The fourth-order valence-electron chi connectivity index (χ4n) is 3.80. The summed E-state index contributed by atoms with van der Waals surface area (Å²) in [4.78, 5) is 14.7. The van der Waals surface area contributed by atoms with E-state index in [-0.39, 0.29) is 23.9 Å². The third-order valence-corrected chi connectivity index (χ3v) is 7.70. The van der Waals surface area contributed by atoms with Gasteiger partial charge in [0.05, 0.1) is 4.90 Å². The molecule has 162 valence electrons. The highest BCUT2D eigenvalue weighted by Gasteiger charge is 2.30. The molecule has 4 rings (SSSR count).